The Morgan fingerprint density at radius 3 is 2.52 bits per heavy atom. The molecule has 104 valence electrons. The number of halogens is 1. The van der Waals surface area contributed by atoms with Gasteiger partial charge >= 0.3 is 0 Å². The zero-order valence-corrected chi connectivity index (χ0v) is 11.0. The van der Waals surface area contributed by atoms with Crippen LogP contribution in [0.15, 0.2) is 54.9 Å². The van der Waals surface area contributed by atoms with Crippen molar-refractivity contribution < 1.29 is 9.18 Å². The fourth-order valence-corrected chi connectivity index (χ4v) is 2.21. The van der Waals surface area contributed by atoms with Crippen LogP contribution in [-0.4, -0.2) is 15.9 Å². The zero-order chi connectivity index (χ0) is 14.8. The Bertz CT molecular complexity index is 796. The van der Waals surface area contributed by atoms with Crippen molar-refractivity contribution in [2.45, 2.75) is 0 Å². The number of hydrogen-bond donors (Lipinski definition) is 2. The van der Waals surface area contributed by atoms with Gasteiger partial charge in [0.05, 0.1) is 11.3 Å². The highest BCUT2D eigenvalue weighted by molar-refractivity contribution is 6.00. The minimum absolute atomic E-state index is 0.326. The molecule has 3 N–H and O–H groups in total. The van der Waals surface area contributed by atoms with E-state index in [1.165, 1.54) is 12.1 Å². The normalized spacial score (nSPS) is 10.5. The number of carbonyl (C=O) groups is 1. The van der Waals surface area contributed by atoms with E-state index in [9.17, 15) is 9.18 Å². The molecule has 1 aromatic carbocycles. The van der Waals surface area contributed by atoms with Gasteiger partial charge in [0.25, 0.3) is 5.91 Å². The van der Waals surface area contributed by atoms with Crippen LogP contribution in [0.1, 0.15) is 10.4 Å². The van der Waals surface area contributed by atoms with Gasteiger partial charge in [-0.1, -0.05) is 12.1 Å². The molecule has 0 bridgehead atoms. The number of nitrogens with zero attached hydrogens (tertiary/aromatic N) is 1. The molecule has 3 rings (SSSR count). The van der Waals surface area contributed by atoms with Gasteiger partial charge in [-0.05, 0) is 30.3 Å². The first-order valence-corrected chi connectivity index (χ1v) is 6.34. The molecule has 5 heteroatoms. The number of rotatable bonds is 3. The molecule has 0 radical (unpaired) electrons. The molecule has 0 fully saturated rings. The number of hydrogen-bond acceptors (Lipinski definition) is 2. The van der Waals surface area contributed by atoms with Crippen LogP contribution in [0.4, 0.5) is 4.39 Å². The molecule has 4 nitrogen and oxygen atoms in total. The first-order valence-electron chi connectivity index (χ1n) is 6.34. The van der Waals surface area contributed by atoms with Crippen LogP contribution in [0, 0.1) is 5.82 Å². The SMILES string of the molecule is NC(=O)c1cc(-c2ccncc2)[nH]c1-c1cccc(F)c1. The number of nitrogens with one attached hydrogen (secondary N) is 1. The zero-order valence-electron chi connectivity index (χ0n) is 11.0. The lowest BCUT2D eigenvalue weighted by molar-refractivity contribution is 0.100. The molecule has 2 aromatic heterocycles. The number of amides is 1. The maximum Gasteiger partial charge on any atom is 0.250 e. The second-order valence-electron chi connectivity index (χ2n) is 4.58. The fraction of sp³-hybridized carbons (Fsp3) is 0. The molecule has 0 spiro atoms. The first kappa shape index (κ1) is 13.1. The molecule has 0 unspecified atom stereocenters. The Kier molecular flexibility index (Phi) is 3.23. The van der Waals surface area contributed by atoms with Gasteiger partial charge in [-0.25, -0.2) is 4.39 Å². The largest absolute Gasteiger partial charge is 0.366 e. The summed E-state index contributed by atoms with van der Waals surface area (Å²) >= 11 is 0. The molecule has 2 heterocycles. The van der Waals surface area contributed by atoms with Gasteiger partial charge in [-0.3, -0.25) is 9.78 Å². The quantitative estimate of drug-likeness (QED) is 0.774. The van der Waals surface area contributed by atoms with Crippen molar-refractivity contribution in [2.75, 3.05) is 0 Å². The second kappa shape index (κ2) is 5.20. The van der Waals surface area contributed by atoms with Crippen LogP contribution < -0.4 is 5.73 Å². The first-order chi connectivity index (χ1) is 10.1. The van der Waals surface area contributed by atoms with Crippen LogP contribution in [0.25, 0.3) is 22.5 Å². The summed E-state index contributed by atoms with van der Waals surface area (Å²) in [6.45, 7) is 0. The Labute approximate surface area is 120 Å². The predicted octanol–water partition coefficient (Wildman–Crippen LogP) is 2.98. The van der Waals surface area contributed by atoms with Gasteiger partial charge < -0.3 is 10.7 Å². The number of primary amides is 1. The molecule has 0 aliphatic heterocycles. The predicted molar refractivity (Wildman–Crippen MR) is 77.9 cm³/mol. The minimum Gasteiger partial charge on any atom is -0.366 e. The van der Waals surface area contributed by atoms with Crippen molar-refractivity contribution in [3.8, 4) is 22.5 Å². The summed E-state index contributed by atoms with van der Waals surface area (Å²) in [5.41, 5.74) is 8.42. The minimum atomic E-state index is -0.564. The van der Waals surface area contributed by atoms with Crippen LogP contribution in [0.3, 0.4) is 0 Å². The van der Waals surface area contributed by atoms with Gasteiger partial charge in [0, 0.05) is 29.2 Å². The van der Waals surface area contributed by atoms with E-state index in [1.807, 2.05) is 12.1 Å². The summed E-state index contributed by atoms with van der Waals surface area (Å²) in [5, 5.41) is 0. The summed E-state index contributed by atoms with van der Waals surface area (Å²) in [6.07, 6.45) is 3.31. The van der Waals surface area contributed by atoms with Crippen LogP contribution >= 0.6 is 0 Å². The number of benzene rings is 1. The summed E-state index contributed by atoms with van der Waals surface area (Å²) in [4.78, 5) is 18.7. The lowest BCUT2D eigenvalue weighted by Gasteiger charge is -2.01. The van der Waals surface area contributed by atoms with Gasteiger partial charge in [0.2, 0.25) is 0 Å². The third-order valence-corrected chi connectivity index (χ3v) is 3.19. The average Bonchev–Trinajstić information content (AvgIpc) is 2.93. The summed E-state index contributed by atoms with van der Waals surface area (Å²) in [5.74, 6) is -0.936. The number of nitrogens with two attached hydrogens (primary N) is 1. The van der Waals surface area contributed by atoms with Crippen molar-refractivity contribution in [1.29, 1.82) is 0 Å². The van der Waals surface area contributed by atoms with Crippen LogP contribution in [0.5, 0.6) is 0 Å². The van der Waals surface area contributed by atoms with Gasteiger partial charge in [0.15, 0.2) is 0 Å². The van der Waals surface area contributed by atoms with Crippen LogP contribution in [-0.2, 0) is 0 Å². The van der Waals surface area contributed by atoms with Gasteiger partial charge in [0.1, 0.15) is 5.82 Å². The van der Waals surface area contributed by atoms with Crippen molar-refractivity contribution >= 4 is 5.91 Å². The number of carbonyl (C=O) groups excluding carboxylic acids is 1. The van der Waals surface area contributed by atoms with E-state index < -0.39 is 5.91 Å². The van der Waals surface area contributed by atoms with E-state index >= 15 is 0 Å². The Hall–Kier alpha value is -2.95. The highest BCUT2D eigenvalue weighted by Gasteiger charge is 2.15. The van der Waals surface area contributed by atoms with E-state index in [0.29, 0.717) is 16.8 Å². The third kappa shape index (κ3) is 2.53. The molecular weight excluding hydrogens is 269 g/mol. The molecule has 21 heavy (non-hydrogen) atoms. The maximum atomic E-state index is 13.4. The highest BCUT2D eigenvalue weighted by atomic mass is 19.1. The molecule has 1 amide bonds. The summed E-state index contributed by atoms with van der Waals surface area (Å²) in [7, 11) is 0. The van der Waals surface area contributed by atoms with E-state index in [2.05, 4.69) is 9.97 Å². The second-order valence-corrected chi connectivity index (χ2v) is 4.58. The Morgan fingerprint density at radius 1 is 1.10 bits per heavy atom. The lowest BCUT2D eigenvalue weighted by atomic mass is 10.1. The molecule has 3 aromatic rings. The average molecular weight is 281 g/mol. The van der Waals surface area contributed by atoms with Crippen molar-refractivity contribution in [2.24, 2.45) is 5.73 Å². The smallest absolute Gasteiger partial charge is 0.250 e. The topological polar surface area (TPSA) is 71.8 Å². The van der Waals surface area contributed by atoms with Gasteiger partial charge in [-0.15, -0.1) is 0 Å². The molecular formula is C16H12FN3O. The summed E-state index contributed by atoms with van der Waals surface area (Å²) in [6, 6.07) is 11.3. The third-order valence-electron chi connectivity index (χ3n) is 3.19. The van der Waals surface area contributed by atoms with E-state index in [0.717, 1.165) is 11.3 Å². The molecule has 0 saturated carbocycles. The standard InChI is InChI=1S/C16H12FN3O/c17-12-3-1-2-11(8-12)15-13(16(18)21)9-14(20-15)10-4-6-19-7-5-10/h1-9,20H,(H2,18,21). The maximum absolute atomic E-state index is 13.4. The van der Waals surface area contributed by atoms with E-state index in [-0.39, 0.29) is 5.82 Å². The van der Waals surface area contributed by atoms with E-state index in [4.69, 9.17) is 5.73 Å². The van der Waals surface area contributed by atoms with Crippen molar-refractivity contribution in [1.82, 2.24) is 9.97 Å². The Balaban J connectivity index is 2.16. The number of aromatic nitrogens is 2. The number of H-pyrrole nitrogens is 1. The van der Waals surface area contributed by atoms with E-state index in [1.54, 1.807) is 30.6 Å². The fourth-order valence-electron chi connectivity index (χ4n) is 2.21. The number of aromatic amines is 1. The molecule has 0 atom stereocenters. The lowest BCUT2D eigenvalue weighted by Crippen LogP contribution is -2.11. The van der Waals surface area contributed by atoms with Gasteiger partial charge in [-0.2, -0.15) is 0 Å². The molecule has 0 aliphatic carbocycles. The van der Waals surface area contributed by atoms with Crippen LogP contribution in [0.2, 0.25) is 0 Å². The van der Waals surface area contributed by atoms with Crippen molar-refractivity contribution in [3.05, 3.63) is 66.2 Å². The molecule has 0 saturated heterocycles. The Morgan fingerprint density at radius 2 is 1.86 bits per heavy atom. The number of pyridine rings is 1. The molecule has 0 aliphatic rings. The summed E-state index contributed by atoms with van der Waals surface area (Å²) < 4.78 is 13.4. The monoisotopic (exact) mass is 281 g/mol. The highest BCUT2D eigenvalue weighted by Crippen LogP contribution is 2.28. The van der Waals surface area contributed by atoms with Crippen molar-refractivity contribution in [3.63, 3.8) is 0 Å².